The third-order valence-corrected chi connectivity index (χ3v) is 7.45. The van der Waals surface area contributed by atoms with E-state index in [1.807, 2.05) is 6.92 Å². The number of carbonyl (C=O) groups is 1. The molecular weight excluding hydrogens is 272 g/mol. The number of fused-ring (bicyclic) bond motifs is 2. The molecule has 0 amide bonds. The molecule has 0 spiro atoms. The summed E-state index contributed by atoms with van der Waals surface area (Å²) in [6.07, 6.45) is 6.07. The molecule has 22 heavy (non-hydrogen) atoms. The predicted octanol–water partition coefficient (Wildman–Crippen LogP) is 4.52. The van der Waals surface area contributed by atoms with Crippen molar-refractivity contribution in [2.45, 2.75) is 78.7 Å². The zero-order valence-electron chi connectivity index (χ0n) is 14.9. The number of Topliss-reactive ketones (excluding diaryl/α,β-unsaturated/α-hetero) is 1. The Hall–Kier alpha value is -0.630. The van der Waals surface area contributed by atoms with Crippen LogP contribution in [-0.4, -0.2) is 16.5 Å². The number of hydrogen-bond acceptors (Lipinski definition) is 2. The first-order valence-electron chi connectivity index (χ1n) is 9.15. The minimum Gasteiger partial charge on any atom is -0.385 e. The molecule has 0 heterocycles. The Morgan fingerprint density at radius 1 is 1.18 bits per heavy atom. The van der Waals surface area contributed by atoms with Gasteiger partial charge in [-0.15, -0.1) is 0 Å². The Kier molecular flexibility index (Phi) is 3.83. The second-order valence-corrected chi connectivity index (χ2v) is 8.99. The molecule has 2 fully saturated rings. The normalized spacial score (nSPS) is 45.8. The average molecular weight is 304 g/mol. The number of carbonyl (C=O) groups excluding carboxylic acids is 1. The van der Waals surface area contributed by atoms with Crippen LogP contribution in [0.1, 0.15) is 73.1 Å². The zero-order valence-corrected chi connectivity index (χ0v) is 14.9. The van der Waals surface area contributed by atoms with Gasteiger partial charge in [-0.2, -0.15) is 0 Å². The standard InChI is InChI=1S/C20H32O2/c1-12(2)15-8-9-19(5)10-17-14(4)18(21)11-20(17,22)13(3)6-7-16(15)19/h12-13,15-16,22H,6-11H2,1-5H3. The summed E-state index contributed by atoms with van der Waals surface area (Å²) in [7, 11) is 0. The maximum Gasteiger partial charge on any atom is 0.161 e. The summed E-state index contributed by atoms with van der Waals surface area (Å²) >= 11 is 0. The smallest absolute Gasteiger partial charge is 0.161 e. The molecule has 124 valence electrons. The molecular formula is C20H32O2. The summed E-state index contributed by atoms with van der Waals surface area (Å²) in [6.45, 7) is 11.2. The van der Waals surface area contributed by atoms with Gasteiger partial charge in [0.15, 0.2) is 5.78 Å². The quantitative estimate of drug-likeness (QED) is 0.773. The fourth-order valence-electron chi connectivity index (χ4n) is 5.79. The maximum absolute atomic E-state index is 12.3. The van der Waals surface area contributed by atoms with Gasteiger partial charge >= 0.3 is 0 Å². The molecule has 0 aliphatic heterocycles. The van der Waals surface area contributed by atoms with E-state index in [-0.39, 0.29) is 17.1 Å². The van der Waals surface area contributed by atoms with Crippen LogP contribution < -0.4 is 0 Å². The highest BCUT2D eigenvalue weighted by Crippen LogP contribution is 2.59. The first-order valence-corrected chi connectivity index (χ1v) is 9.15. The number of hydrogen-bond donors (Lipinski definition) is 1. The van der Waals surface area contributed by atoms with Crippen LogP contribution in [0.4, 0.5) is 0 Å². The highest BCUT2D eigenvalue weighted by Gasteiger charge is 2.54. The fraction of sp³-hybridized carbons (Fsp3) is 0.850. The lowest BCUT2D eigenvalue weighted by Crippen LogP contribution is -2.42. The number of allylic oxidation sites excluding steroid dienone is 1. The molecule has 2 heteroatoms. The van der Waals surface area contributed by atoms with Gasteiger partial charge < -0.3 is 5.11 Å². The maximum atomic E-state index is 12.3. The number of rotatable bonds is 1. The molecule has 3 aliphatic rings. The molecule has 0 bridgehead atoms. The van der Waals surface area contributed by atoms with Gasteiger partial charge in [0.25, 0.3) is 0 Å². The van der Waals surface area contributed by atoms with Crippen molar-refractivity contribution in [3.05, 3.63) is 11.1 Å². The van der Waals surface area contributed by atoms with Gasteiger partial charge in [0.1, 0.15) is 0 Å². The van der Waals surface area contributed by atoms with Crippen LogP contribution in [0.2, 0.25) is 0 Å². The van der Waals surface area contributed by atoms with Crippen LogP contribution in [0.3, 0.4) is 0 Å². The van der Waals surface area contributed by atoms with Crippen LogP contribution >= 0.6 is 0 Å². The van der Waals surface area contributed by atoms with Gasteiger partial charge in [0.05, 0.1) is 5.60 Å². The zero-order chi connectivity index (χ0) is 16.3. The Morgan fingerprint density at radius 3 is 2.50 bits per heavy atom. The molecule has 0 saturated heterocycles. The van der Waals surface area contributed by atoms with Crippen molar-refractivity contribution in [2.75, 3.05) is 0 Å². The molecule has 3 aliphatic carbocycles. The van der Waals surface area contributed by atoms with Crippen molar-refractivity contribution in [1.29, 1.82) is 0 Å². The molecule has 5 atom stereocenters. The van der Waals surface area contributed by atoms with E-state index in [4.69, 9.17) is 0 Å². The third kappa shape index (κ3) is 2.21. The fourth-order valence-corrected chi connectivity index (χ4v) is 5.79. The van der Waals surface area contributed by atoms with Crippen molar-refractivity contribution >= 4 is 5.78 Å². The van der Waals surface area contributed by atoms with E-state index in [1.54, 1.807) is 0 Å². The first kappa shape index (κ1) is 16.2. The first-order chi connectivity index (χ1) is 10.2. The van der Waals surface area contributed by atoms with Gasteiger partial charge in [-0.1, -0.05) is 27.7 Å². The second-order valence-electron chi connectivity index (χ2n) is 8.99. The van der Waals surface area contributed by atoms with Crippen LogP contribution in [0.5, 0.6) is 0 Å². The van der Waals surface area contributed by atoms with E-state index in [9.17, 15) is 9.90 Å². The lowest BCUT2D eigenvalue weighted by Gasteiger charge is -2.44. The van der Waals surface area contributed by atoms with Crippen molar-refractivity contribution < 1.29 is 9.90 Å². The molecule has 0 aromatic rings. The Morgan fingerprint density at radius 2 is 1.86 bits per heavy atom. The summed E-state index contributed by atoms with van der Waals surface area (Å²) in [5.74, 6) is 2.66. The topological polar surface area (TPSA) is 37.3 Å². The van der Waals surface area contributed by atoms with Gasteiger partial charge in [-0.05, 0) is 79.3 Å². The second kappa shape index (κ2) is 5.19. The molecule has 0 aromatic heterocycles. The van der Waals surface area contributed by atoms with Gasteiger partial charge in [-0.3, -0.25) is 4.79 Å². The van der Waals surface area contributed by atoms with Crippen LogP contribution in [0.25, 0.3) is 0 Å². The SMILES string of the molecule is CC1=C2CC3(C)CCC(C(C)C)C3CCC(C)C2(O)CC1=O. The molecule has 0 aromatic carbocycles. The van der Waals surface area contributed by atoms with Gasteiger partial charge in [0.2, 0.25) is 0 Å². The van der Waals surface area contributed by atoms with Crippen molar-refractivity contribution in [3.63, 3.8) is 0 Å². The molecule has 5 unspecified atom stereocenters. The van der Waals surface area contributed by atoms with Crippen molar-refractivity contribution in [2.24, 2.45) is 29.1 Å². The monoisotopic (exact) mass is 304 g/mol. The summed E-state index contributed by atoms with van der Waals surface area (Å²) in [5, 5.41) is 11.3. The van der Waals surface area contributed by atoms with Crippen molar-refractivity contribution in [3.8, 4) is 0 Å². The lowest BCUT2D eigenvalue weighted by atomic mass is 9.62. The van der Waals surface area contributed by atoms with E-state index in [0.29, 0.717) is 6.42 Å². The van der Waals surface area contributed by atoms with E-state index in [0.717, 1.165) is 41.7 Å². The summed E-state index contributed by atoms with van der Waals surface area (Å²) in [6, 6.07) is 0. The van der Waals surface area contributed by atoms with Gasteiger partial charge in [-0.25, -0.2) is 0 Å². The minimum atomic E-state index is -0.856. The third-order valence-electron chi connectivity index (χ3n) is 7.45. The Labute approximate surface area is 135 Å². The Balaban J connectivity index is 2.01. The van der Waals surface area contributed by atoms with Crippen LogP contribution in [0, 0.1) is 29.1 Å². The Bertz CT molecular complexity index is 518. The van der Waals surface area contributed by atoms with Crippen molar-refractivity contribution in [1.82, 2.24) is 0 Å². The summed E-state index contributed by atoms with van der Waals surface area (Å²) in [4.78, 5) is 12.3. The highest BCUT2D eigenvalue weighted by molar-refractivity contribution is 6.00. The highest BCUT2D eigenvalue weighted by atomic mass is 16.3. The number of ketones is 1. The molecule has 2 saturated carbocycles. The lowest BCUT2D eigenvalue weighted by molar-refractivity contribution is -0.118. The van der Waals surface area contributed by atoms with E-state index < -0.39 is 5.60 Å². The van der Waals surface area contributed by atoms with Crippen LogP contribution in [-0.2, 0) is 4.79 Å². The average Bonchev–Trinajstić information content (AvgIpc) is 2.86. The minimum absolute atomic E-state index is 0.171. The van der Waals surface area contributed by atoms with Gasteiger partial charge in [0, 0.05) is 6.42 Å². The molecule has 2 nitrogen and oxygen atoms in total. The summed E-state index contributed by atoms with van der Waals surface area (Å²) < 4.78 is 0. The molecule has 3 rings (SSSR count). The van der Waals surface area contributed by atoms with E-state index >= 15 is 0 Å². The largest absolute Gasteiger partial charge is 0.385 e. The molecule has 1 N–H and O–H groups in total. The van der Waals surface area contributed by atoms with E-state index in [2.05, 4.69) is 27.7 Å². The van der Waals surface area contributed by atoms with E-state index in [1.165, 1.54) is 19.3 Å². The van der Waals surface area contributed by atoms with Crippen LogP contribution in [0.15, 0.2) is 11.1 Å². The molecule has 0 radical (unpaired) electrons. The summed E-state index contributed by atoms with van der Waals surface area (Å²) in [5.41, 5.74) is 1.36. The predicted molar refractivity (Wildman–Crippen MR) is 89.4 cm³/mol. The number of aliphatic hydroxyl groups is 1.